The SMILES string of the molecule is Cc1ccc2nc(N)n(CCCOc3ccccc3)c2c1. The van der Waals surface area contributed by atoms with Gasteiger partial charge >= 0.3 is 0 Å². The summed E-state index contributed by atoms with van der Waals surface area (Å²) in [6.45, 7) is 3.54. The molecule has 0 bridgehead atoms. The Kier molecular flexibility index (Phi) is 3.77. The highest BCUT2D eigenvalue weighted by molar-refractivity contribution is 5.79. The fourth-order valence-electron chi connectivity index (χ4n) is 2.42. The van der Waals surface area contributed by atoms with Crippen LogP contribution in [0.15, 0.2) is 48.5 Å². The molecule has 0 aliphatic carbocycles. The standard InChI is InChI=1S/C17H19N3O/c1-13-8-9-15-16(12-13)20(17(18)19-15)10-5-11-21-14-6-3-2-4-7-14/h2-4,6-9,12H,5,10-11H2,1H3,(H2,18,19). The minimum Gasteiger partial charge on any atom is -0.494 e. The maximum Gasteiger partial charge on any atom is 0.201 e. The van der Waals surface area contributed by atoms with Gasteiger partial charge < -0.3 is 15.0 Å². The third-order valence-corrected chi connectivity index (χ3v) is 3.47. The third kappa shape index (κ3) is 2.99. The number of imidazole rings is 1. The number of ether oxygens (including phenoxy) is 1. The second-order valence-corrected chi connectivity index (χ2v) is 5.13. The van der Waals surface area contributed by atoms with Gasteiger partial charge in [-0.15, -0.1) is 0 Å². The minimum atomic E-state index is 0.565. The van der Waals surface area contributed by atoms with Crippen molar-refractivity contribution in [2.24, 2.45) is 0 Å². The predicted molar refractivity (Wildman–Crippen MR) is 85.4 cm³/mol. The monoisotopic (exact) mass is 281 g/mol. The zero-order valence-electron chi connectivity index (χ0n) is 12.1. The third-order valence-electron chi connectivity index (χ3n) is 3.47. The molecule has 1 heterocycles. The Balaban J connectivity index is 1.65. The number of aromatic nitrogens is 2. The number of anilines is 1. The summed E-state index contributed by atoms with van der Waals surface area (Å²) in [5.74, 6) is 1.46. The molecule has 1 aromatic heterocycles. The fourth-order valence-corrected chi connectivity index (χ4v) is 2.42. The van der Waals surface area contributed by atoms with Crippen LogP contribution in [0, 0.1) is 6.92 Å². The Morgan fingerprint density at radius 3 is 2.76 bits per heavy atom. The van der Waals surface area contributed by atoms with Crippen molar-refractivity contribution in [1.29, 1.82) is 0 Å². The average Bonchev–Trinajstić information content (AvgIpc) is 2.80. The van der Waals surface area contributed by atoms with Gasteiger partial charge in [0.1, 0.15) is 5.75 Å². The molecule has 0 aliphatic rings. The van der Waals surface area contributed by atoms with Gasteiger partial charge in [0.15, 0.2) is 0 Å². The number of nitrogens with zero attached hydrogens (tertiary/aromatic N) is 2. The van der Waals surface area contributed by atoms with Gasteiger partial charge in [-0.25, -0.2) is 4.98 Å². The summed E-state index contributed by atoms with van der Waals surface area (Å²) >= 11 is 0. The van der Waals surface area contributed by atoms with E-state index in [0.29, 0.717) is 12.6 Å². The zero-order valence-corrected chi connectivity index (χ0v) is 12.1. The minimum absolute atomic E-state index is 0.565. The van der Waals surface area contributed by atoms with Gasteiger partial charge in [-0.05, 0) is 43.2 Å². The first-order valence-electron chi connectivity index (χ1n) is 7.14. The Hall–Kier alpha value is -2.49. The average molecular weight is 281 g/mol. The molecule has 0 aliphatic heterocycles. The highest BCUT2D eigenvalue weighted by Crippen LogP contribution is 2.19. The van der Waals surface area contributed by atoms with Gasteiger partial charge in [-0.1, -0.05) is 24.3 Å². The molecule has 0 spiro atoms. The Morgan fingerprint density at radius 2 is 1.95 bits per heavy atom. The van der Waals surface area contributed by atoms with Crippen LogP contribution in [0.4, 0.5) is 5.95 Å². The molecule has 2 N–H and O–H groups in total. The number of hydrogen-bond acceptors (Lipinski definition) is 3. The lowest BCUT2D eigenvalue weighted by Crippen LogP contribution is -2.07. The highest BCUT2D eigenvalue weighted by Gasteiger charge is 2.07. The molecule has 0 atom stereocenters. The number of benzene rings is 2. The number of para-hydroxylation sites is 1. The van der Waals surface area contributed by atoms with Crippen LogP contribution in [0.3, 0.4) is 0 Å². The van der Waals surface area contributed by atoms with Crippen LogP contribution in [-0.2, 0) is 6.54 Å². The van der Waals surface area contributed by atoms with Crippen LogP contribution in [0.25, 0.3) is 11.0 Å². The number of aryl methyl sites for hydroxylation is 2. The first-order valence-corrected chi connectivity index (χ1v) is 7.14. The summed E-state index contributed by atoms with van der Waals surface area (Å²) in [5.41, 5.74) is 9.26. The van der Waals surface area contributed by atoms with Crippen molar-refractivity contribution in [3.05, 3.63) is 54.1 Å². The number of nitrogens with two attached hydrogens (primary N) is 1. The van der Waals surface area contributed by atoms with Gasteiger partial charge in [0, 0.05) is 6.54 Å². The van der Waals surface area contributed by atoms with Crippen molar-refractivity contribution in [3.63, 3.8) is 0 Å². The Morgan fingerprint density at radius 1 is 1.14 bits per heavy atom. The Labute approximate surface area is 124 Å². The van der Waals surface area contributed by atoms with E-state index in [0.717, 1.165) is 29.7 Å². The zero-order chi connectivity index (χ0) is 14.7. The maximum atomic E-state index is 6.01. The lowest BCUT2D eigenvalue weighted by Gasteiger charge is -2.08. The lowest BCUT2D eigenvalue weighted by atomic mass is 10.2. The number of hydrogen-bond donors (Lipinski definition) is 1. The molecular weight excluding hydrogens is 262 g/mol. The van der Waals surface area contributed by atoms with Crippen LogP contribution in [0.2, 0.25) is 0 Å². The van der Waals surface area contributed by atoms with E-state index in [2.05, 4.69) is 28.6 Å². The van der Waals surface area contributed by atoms with E-state index in [1.165, 1.54) is 5.56 Å². The molecule has 108 valence electrons. The Bertz CT molecular complexity index is 734. The van der Waals surface area contributed by atoms with Crippen LogP contribution in [0.5, 0.6) is 5.75 Å². The molecule has 3 aromatic rings. The van der Waals surface area contributed by atoms with E-state index >= 15 is 0 Å². The normalized spacial score (nSPS) is 10.9. The summed E-state index contributed by atoms with van der Waals surface area (Å²) in [6.07, 6.45) is 0.887. The van der Waals surface area contributed by atoms with E-state index in [-0.39, 0.29) is 0 Å². The van der Waals surface area contributed by atoms with Crippen molar-refractivity contribution >= 4 is 17.0 Å². The molecule has 0 unspecified atom stereocenters. The molecule has 0 amide bonds. The van der Waals surface area contributed by atoms with Gasteiger partial charge in [-0.3, -0.25) is 0 Å². The summed E-state index contributed by atoms with van der Waals surface area (Å²) < 4.78 is 7.76. The van der Waals surface area contributed by atoms with Crippen LogP contribution < -0.4 is 10.5 Å². The highest BCUT2D eigenvalue weighted by atomic mass is 16.5. The molecule has 0 radical (unpaired) electrons. The number of rotatable bonds is 5. The molecule has 0 saturated carbocycles. The smallest absolute Gasteiger partial charge is 0.201 e. The van der Waals surface area contributed by atoms with Crippen LogP contribution >= 0.6 is 0 Å². The molecule has 4 heteroatoms. The van der Waals surface area contributed by atoms with E-state index in [9.17, 15) is 0 Å². The second kappa shape index (κ2) is 5.87. The van der Waals surface area contributed by atoms with Crippen molar-refractivity contribution in [2.45, 2.75) is 19.9 Å². The van der Waals surface area contributed by atoms with E-state index in [1.807, 2.05) is 36.4 Å². The summed E-state index contributed by atoms with van der Waals surface area (Å²) in [4.78, 5) is 4.39. The lowest BCUT2D eigenvalue weighted by molar-refractivity contribution is 0.303. The van der Waals surface area contributed by atoms with Crippen molar-refractivity contribution < 1.29 is 4.74 Å². The summed E-state index contributed by atoms with van der Waals surface area (Å²) in [7, 11) is 0. The molecular formula is C17H19N3O. The molecule has 3 rings (SSSR count). The van der Waals surface area contributed by atoms with E-state index in [4.69, 9.17) is 10.5 Å². The summed E-state index contributed by atoms with van der Waals surface area (Å²) in [6, 6.07) is 16.0. The van der Waals surface area contributed by atoms with Crippen molar-refractivity contribution in [2.75, 3.05) is 12.3 Å². The van der Waals surface area contributed by atoms with E-state index < -0.39 is 0 Å². The van der Waals surface area contributed by atoms with Gasteiger partial charge in [-0.2, -0.15) is 0 Å². The largest absolute Gasteiger partial charge is 0.494 e. The first kappa shape index (κ1) is 13.5. The molecule has 4 nitrogen and oxygen atoms in total. The molecule has 21 heavy (non-hydrogen) atoms. The fraction of sp³-hybridized carbons (Fsp3) is 0.235. The van der Waals surface area contributed by atoms with Crippen molar-refractivity contribution in [1.82, 2.24) is 9.55 Å². The molecule has 0 fully saturated rings. The molecule has 0 saturated heterocycles. The van der Waals surface area contributed by atoms with Crippen LogP contribution in [0.1, 0.15) is 12.0 Å². The van der Waals surface area contributed by atoms with Crippen molar-refractivity contribution in [3.8, 4) is 5.75 Å². The predicted octanol–water partition coefficient (Wildman–Crippen LogP) is 3.40. The molecule has 2 aromatic carbocycles. The second-order valence-electron chi connectivity index (χ2n) is 5.13. The number of fused-ring (bicyclic) bond motifs is 1. The van der Waals surface area contributed by atoms with Crippen LogP contribution in [-0.4, -0.2) is 16.2 Å². The van der Waals surface area contributed by atoms with Gasteiger partial charge in [0.2, 0.25) is 5.95 Å². The van der Waals surface area contributed by atoms with E-state index in [1.54, 1.807) is 0 Å². The first-order chi connectivity index (χ1) is 10.2. The van der Waals surface area contributed by atoms with Gasteiger partial charge in [0.05, 0.1) is 17.6 Å². The summed E-state index contributed by atoms with van der Waals surface area (Å²) in [5, 5.41) is 0. The maximum absolute atomic E-state index is 6.01. The quantitative estimate of drug-likeness (QED) is 0.729. The number of nitrogen functional groups attached to an aromatic ring is 1. The topological polar surface area (TPSA) is 53.1 Å². The van der Waals surface area contributed by atoms with Gasteiger partial charge in [0.25, 0.3) is 0 Å².